The second-order valence-corrected chi connectivity index (χ2v) is 6.25. The summed E-state index contributed by atoms with van der Waals surface area (Å²) in [6.45, 7) is 6.95. The van der Waals surface area contributed by atoms with E-state index in [2.05, 4.69) is 31.0 Å². The van der Waals surface area contributed by atoms with Crippen molar-refractivity contribution in [2.45, 2.75) is 33.6 Å². The Kier molecular flexibility index (Phi) is 4.69. The SMILES string of the molecule is Cc1cc(C#CCO)cc(C(=O)NCC2(C(C)C)CC2)c1. The van der Waals surface area contributed by atoms with Gasteiger partial charge < -0.3 is 10.4 Å². The van der Waals surface area contributed by atoms with Gasteiger partial charge in [0.1, 0.15) is 6.61 Å². The highest BCUT2D eigenvalue weighted by Crippen LogP contribution is 2.51. The molecular formula is C18H23NO2. The van der Waals surface area contributed by atoms with Crippen LogP contribution in [0.5, 0.6) is 0 Å². The monoisotopic (exact) mass is 285 g/mol. The lowest BCUT2D eigenvalue weighted by Crippen LogP contribution is -2.32. The normalized spacial score (nSPS) is 15.3. The molecule has 0 unspecified atom stereocenters. The highest BCUT2D eigenvalue weighted by Gasteiger charge is 2.45. The van der Waals surface area contributed by atoms with Crippen LogP contribution in [0.4, 0.5) is 0 Å². The molecule has 0 aliphatic heterocycles. The van der Waals surface area contributed by atoms with E-state index in [1.165, 1.54) is 12.8 Å². The van der Waals surface area contributed by atoms with Gasteiger partial charge in [0, 0.05) is 17.7 Å². The molecule has 0 atom stereocenters. The molecule has 2 rings (SSSR count). The van der Waals surface area contributed by atoms with Crippen molar-refractivity contribution in [1.29, 1.82) is 0 Å². The van der Waals surface area contributed by atoms with E-state index in [1.807, 2.05) is 19.1 Å². The van der Waals surface area contributed by atoms with Crippen LogP contribution in [0.15, 0.2) is 18.2 Å². The second-order valence-electron chi connectivity index (χ2n) is 6.25. The number of aliphatic hydroxyl groups excluding tert-OH is 1. The molecule has 1 aliphatic rings. The molecule has 1 saturated carbocycles. The zero-order valence-electron chi connectivity index (χ0n) is 13.0. The Hall–Kier alpha value is -1.79. The standard InChI is InChI=1S/C18H23NO2/c1-13(2)18(6-7-18)12-19-17(21)16-10-14(3)9-15(11-16)5-4-8-20/h9-11,13,20H,6-8,12H2,1-3H3,(H,19,21). The van der Waals surface area contributed by atoms with Gasteiger partial charge in [-0.15, -0.1) is 0 Å². The van der Waals surface area contributed by atoms with E-state index >= 15 is 0 Å². The van der Waals surface area contributed by atoms with Gasteiger partial charge in [0.2, 0.25) is 0 Å². The van der Waals surface area contributed by atoms with Gasteiger partial charge in [0.05, 0.1) is 0 Å². The van der Waals surface area contributed by atoms with E-state index in [9.17, 15) is 4.79 Å². The van der Waals surface area contributed by atoms with Crippen LogP contribution in [0.2, 0.25) is 0 Å². The molecule has 1 aromatic rings. The van der Waals surface area contributed by atoms with Gasteiger partial charge in [-0.05, 0) is 54.9 Å². The topological polar surface area (TPSA) is 49.3 Å². The number of benzene rings is 1. The fraction of sp³-hybridized carbons (Fsp3) is 0.500. The van der Waals surface area contributed by atoms with Gasteiger partial charge in [-0.1, -0.05) is 25.7 Å². The fourth-order valence-electron chi connectivity index (χ4n) is 2.61. The van der Waals surface area contributed by atoms with Crippen LogP contribution < -0.4 is 5.32 Å². The van der Waals surface area contributed by atoms with E-state index in [-0.39, 0.29) is 12.5 Å². The van der Waals surface area contributed by atoms with Crippen molar-refractivity contribution in [1.82, 2.24) is 5.32 Å². The van der Waals surface area contributed by atoms with Gasteiger partial charge in [-0.2, -0.15) is 0 Å². The number of aryl methyl sites for hydroxylation is 1. The van der Waals surface area contributed by atoms with Crippen LogP contribution in [-0.4, -0.2) is 24.2 Å². The summed E-state index contributed by atoms with van der Waals surface area (Å²) in [4.78, 5) is 12.3. The lowest BCUT2D eigenvalue weighted by atomic mass is 9.92. The largest absolute Gasteiger partial charge is 0.384 e. The quantitative estimate of drug-likeness (QED) is 0.835. The Balaban J connectivity index is 2.07. The first kappa shape index (κ1) is 15.6. The molecule has 0 heterocycles. The average molecular weight is 285 g/mol. The maximum Gasteiger partial charge on any atom is 0.251 e. The van der Waals surface area contributed by atoms with Crippen LogP contribution >= 0.6 is 0 Å². The molecule has 1 fully saturated rings. The Morgan fingerprint density at radius 3 is 2.67 bits per heavy atom. The van der Waals surface area contributed by atoms with Crippen molar-refractivity contribution in [3.63, 3.8) is 0 Å². The van der Waals surface area contributed by atoms with Gasteiger partial charge >= 0.3 is 0 Å². The highest BCUT2D eigenvalue weighted by atomic mass is 16.2. The molecule has 0 aromatic heterocycles. The maximum absolute atomic E-state index is 12.3. The smallest absolute Gasteiger partial charge is 0.251 e. The molecular weight excluding hydrogens is 262 g/mol. The van der Waals surface area contributed by atoms with Crippen LogP contribution in [-0.2, 0) is 0 Å². The summed E-state index contributed by atoms with van der Waals surface area (Å²) in [6, 6.07) is 5.56. The Bertz CT molecular complexity index is 589. The molecule has 3 nitrogen and oxygen atoms in total. The van der Waals surface area contributed by atoms with Crippen molar-refractivity contribution in [3.05, 3.63) is 34.9 Å². The van der Waals surface area contributed by atoms with E-state index in [4.69, 9.17) is 5.11 Å². The number of hydrogen-bond acceptors (Lipinski definition) is 2. The lowest BCUT2D eigenvalue weighted by Gasteiger charge is -2.20. The third-order valence-corrected chi connectivity index (χ3v) is 4.37. The van der Waals surface area contributed by atoms with Gasteiger partial charge in [0.15, 0.2) is 0 Å². The number of rotatable bonds is 4. The number of carbonyl (C=O) groups excluding carboxylic acids is 1. The molecule has 112 valence electrons. The first-order chi connectivity index (χ1) is 9.97. The summed E-state index contributed by atoms with van der Waals surface area (Å²) in [5, 5.41) is 11.8. The molecule has 0 saturated heterocycles. The van der Waals surface area contributed by atoms with Crippen molar-refractivity contribution in [3.8, 4) is 11.8 Å². The number of hydrogen-bond donors (Lipinski definition) is 2. The maximum atomic E-state index is 12.3. The number of carbonyl (C=O) groups is 1. The predicted molar refractivity (Wildman–Crippen MR) is 84.0 cm³/mol. The molecule has 0 spiro atoms. The van der Waals surface area contributed by atoms with Crippen molar-refractivity contribution in [2.75, 3.05) is 13.2 Å². The zero-order valence-corrected chi connectivity index (χ0v) is 13.0. The van der Waals surface area contributed by atoms with Crippen LogP contribution in [0, 0.1) is 30.1 Å². The van der Waals surface area contributed by atoms with E-state index in [0.717, 1.165) is 17.7 Å². The van der Waals surface area contributed by atoms with Crippen molar-refractivity contribution >= 4 is 5.91 Å². The molecule has 1 amide bonds. The summed E-state index contributed by atoms with van der Waals surface area (Å²) in [6.07, 6.45) is 2.40. The first-order valence-corrected chi connectivity index (χ1v) is 7.46. The minimum absolute atomic E-state index is 0.0438. The van der Waals surface area contributed by atoms with E-state index < -0.39 is 0 Å². The predicted octanol–water partition coefficient (Wildman–Crippen LogP) is 2.50. The minimum Gasteiger partial charge on any atom is -0.384 e. The average Bonchev–Trinajstić information content (AvgIpc) is 3.23. The summed E-state index contributed by atoms with van der Waals surface area (Å²) in [5.74, 6) is 6.02. The molecule has 0 radical (unpaired) electrons. The minimum atomic E-state index is -0.174. The van der Waals surface area contributed by atoms with Crippen LogP contribution in [0.1, 0.15) is 48.2 Å². The summed E-state index contributed by atoms with van der Waals surface area (Å²) >= 11 is 0. The second kappa shape index (κ2) is 6.32. The van der Waals surface area contributed by atoms with E-state index in [0.29, 0.717) is 16.9 Å². The summed E-state index contributed by atoms with van der Waals surface area (Å²) in [7, 11) is 0. The third-order valence-electron chi connectivity index (χ3n) is 4.37. The summed E-state index contributed by atoms with van der Waals surface area (Å²) in [5.41, 5.74) is 2.70. The lowest BCUT2D eigenvalue weighted by molar-refractivity contribution is 0.0939. The Morgan fingerprint density at radius 2 is 2.10 bits per heavy atom. The van der Waals surface area contributed by atoms with Crippen LogP contribution in [0.3, 0.4) is 0 Å². The Morgan fingerprint density at radius 1 is 1.38 bits per heavy atom. The molecule has 0 bridgehead atoms. The highest BCUT2D eigenvalue weighted by molar-refractivity contribution is 5.94. The summed E-state index contributed by atoms with van der Waals surface area (Å²) < 4.78 is 0. The zero-order chi connectivity index (χ0) is 15.5. The van der Waals surface area contributed by atoms with Gasteiger partial charge in [0.25, 0.3) is 5.91 Å². The molecule has 21 heavy (non-hydrogen) atoms. The third kappa shape index (κ3) is 3.86. The van der Waals surface area contributed by atoms with Crippen molar-refractivity contribution in [2.24, 2.45) is 11.3 Å². The number of amides is 1. The number of nitrogens with one attached hydrogen (secondary N) is 1. The molecule has 2 N–H and O–H groups in total. The van der Waals surface area contributed by atoms with Gasteiger partial charge in [-0.3, -0.25) is 4.79 Å². The van der Waals surface area contributed by atoms with Gasteiger partial charge in [-0.25, -0.2) is 0 Å². The molecule has 3 heteroatoms. The fourth-order valence-corrected chi connectivity index (χ4v) is 2.61. The number of aliphatic hydroxyl groups is 1. The van der Waals surface area contributed by atoms with Crippen molar-refractivity contribution < 1.29 is 9.90 Å². The molecule has 1 aliphatic carbocycles. The van der Waals surface area contributed by atoms with E-state index in [1.54, 1.807) is 6.07 Å². The molecule has 1 aromatic carbocycles. The first-order valence-electron chi connectivity index (χ1n) is 7.46. The Labute approximate surface area is 126 Å². The van der Waals surface area contributed by atoms with Crippen LogP contribution in [0.25, 0.3) is 0 Å².